The van der Waals surface area contributed by atoms with Crippen molar-refractivity contribution in [2.24, 2.45) is 12.8 Å². The van der Waals surface area contributed by atoms with E-state index >= 15 is 0 Å². The number of aliphatic carboxylic acids is 1. The zero-order valence-electron chi connectivity index (χ0n) is 11.0. The fourth-order valence-corrected chi connectivity index (χ4v) is 4.49. The van der Waals surface area contributed by atoms with E-state index in [1.165, 1.54) is 33.1 Å². The number of hydrogen-bond acceptors (Lipinski definition) is 8. The third kappa shape index (κ3) is 2.40. The second kappa shape index (κ2) is 5.31. The lowest BCUT2D eigenvalue weighted by Crippen LogP contribution is -2.56. The zero-order valence-corrected chi connectivity index (χ0v) is 12.6. The van der Waals surface area contributed by atoms with Crippen LogP contribution >= 0.6 is 23.5 Å². The first kappa shape index (κ1) is 14.4. The first-order valence-electron chi connectivity index (χ1n) is 6.03. The summed E-state index contributed by atoms with van der Waals surface area (Å²) >= 11 is 2.69. The van der Waals surface area contributed by atoms with E-state index in [1.54, 1.807) is 7.05 Å². The highest BCUT2D eigenvalue weighted by molar-refractivity contribution is 8.01. The Balaban J connectivity index is 1.88. The third-order valence-electron chi connectivity index (χ3n) is 3.24. The van der Waals surface area contributed by atoms with Crippen LogP contribution in [0.1, 0.15) is 6.42 Å². The third-order valence-corrected chi connectivity index (χ3v) is 5.57. The molecule has 1 aromatic rings. The minimum Gasteiger partial charge on any atom is -0.477 e. The van der Waals surface area contributed by atoms with Crippen molar-refractivity contribution in [2.75, 3.05) is 5.75 Å². The molecule has 1 saturated heterocycles. The molecule has 0 bridgehead atoms. The van der Waals surface area contributed by atoms with Crippen LogP contribution in [0.4, 0.5) is 0 Å². The topological polar surface area (TPSA) is 127 Å². The maximum absolute atomic E-state index is 11.6. The first-order valence-corrected chi connectivity index (χ1v) is 7.96. The predicted molar refractivity (Wildman–Crippen MR) is 75.0 cm³/mol. The number of fused-ring (bicyclic) bond motifs is 1. The summed E-state index contributed by atoms with van der Waals surface area (Å²) in [5.74, 6) is -0.990. The summed E-state index contributed by atoms with van der Waals surface area (Å²) in [6, 6.07) is 0. The average Bonchev–Trinajstić information content (AvgIpc) is 2.81. The van der Waals surface area contributed by atoms with Gasteiger partial charge in [-0.1, -0.05) is 11.8 Å². The highest BCUT2D eigenvalue weighted by atomic mass is 32.2. The minimum absolute atomic E-state index is 0.00475. The minimum atomic E-state index is -1.13. The van der Waals surface area contributed by atoms with Crippen molar-refractivity contribution < 1.29 is 14.7 Å². The number of carboxylic acid groups (broad SMARTS) is 1. The number of aryl methyl sites for hydroxylation is 1. The average molecular weight is 328 g/mol. The Hall–Kier alpha value is -1.59. The summed E-state index contributed by atoms with van der Waals surface area (Å²) in [4.78, 5) is 24.5. The molecule has 2 aliphatic heterocycles. The summed E-state index contributed by atoms with van der Waals surface area (Å²) < 4.78 is 1.49. The molecule has 21 heavy (non-hydrogen) atoms. The summed E-state index contributed by atoms with van der Waals surface area (Å²) in [7, 11) is 1.69. The zero-order chi connectivity index (χ0) is 15.1. The van der Waals surface area contributed by atoms with Crippen LogP contribution in [0.15, 0.2) is 16.4 Å². The first-order chi connectivity index (χ1) is 9.99. The van der Waals surface area contributed by atoms with Gasteiger partial charge in [0.05, 0.1) is 17.2 Å². The van der Waals surface area contributed by atoms with E-state index in [0.29, 0.717) is 22.9 Å². The number of carbonyl (C=O) groups is 2. The molecule has 2 unspecified atom stereocenters. The van der Waals surface area contributed by atoms with Crippen LogP contribution in [0, 0.1) is 0 Å². The lowest BCUT2D eigenvalue weighted by atomic mass is 10.1. The van der Waals surface area contributed by atoms with Crippen molar-refractivity contribution in [3.05, 3.63) is 11.3 Å². The van der Waals surface area contributed by atoms with Gasteiger partial charge in [0.1, 0.15) is 5.70 Å². The van der Waals surface area contributed by atoms with Crippen LogP contribution in [-0.4, -0.2) is 58.6 Å². The van der Waals surface area contributed by atoms with Crippen LogP contribution in [0.2, 0.25) is 0 Å². The molecule has 112 valence electrons. The fourth-order valence-electron chi connectivity index (χ4n) is 2.18. The lowest BCUT2D eigenvalue weighted by Gasteiger charge is -2.45. The molecule has 1 aromatic heterocycles. The van der Waals surface area contributed by atoms with Gasteiger partial charge in [-0.3, -0.25) is 9.69 Å². The van der Waals surface area contributed by atoms with Gasteiger partial charge < -0.3 is 10.8 Å². The molecule has 3 heterocycles. The number of nitrogens with zero attached hydrogens (tertiary/aromatic N) is 5. The van der Waals surface area contributed by atoms with Gasteiger partial charge >= 0.3 is 5.97 Å². The maximum Gasteiger partial charge on any atom is 0.352 e. The van der Waals surface area contributed by atoms with Crippen LogP contribution < -0.4 is 5.73 Å². The molecule has 3 rings (SSSR count). The molecule has 1 fully saturated rings. The van der Waals surface area contributed by atoms with Crippen molar-refractivity contribution in [1.29, 1.82) is 0 Å². The number of carboxylic acids is 1. The van der Waals surface area contributed by atoms with Crippen LogP contribution in [0.3, 0.4) is 0 Å². The summed E-state index contributed by atoms with van der Waals surface area (Å²) in [6.07, 6.45) is 0.336. The highest BCUT2D eigenvalue weighted by Crippen LogP contribution is 2.43. The number of amides is 1. The number of thioether (sulfide) groups is 2. The van der Waals surface area contributed by atoms with E-state index in [1.807, 2.05) is 0 Å². The van der Waals surface area contributed by atoms with Crippen molar-refractivity contribution in [3.63, 3.8) is 0 Å². The van der Waals surface area contributed by atoms with Gasteiger partial charge in [-0.15, -0.1) is 16.9 Å². The molecule has 9 nitrogen and oxygen atoms in total. The van der Waals surface area contributed by atoms with E-state index in [-0.39, 0.29) is 17.0 Å². The van der Waals surface area contributed by atoms with Crippen LogP contribution in [0.25, 0.3) is 0 Å². The molecule has 1 amide bonds. The summed E-state index contributed by atoms with van der Waals surface area (Å²) in [5, 5.41) is 20.4. The van der Waals surface area contributed by atoms with Gasteiger partial charge in [0.15, 0.2) is 0 Å². The second-order valence-electron chi connectivity index (χ2n) is 4.53. The van der Waals surface area contributed by atoms with Crippen LogP contribution in [0.5, 0.6) is 0 Å². The molecular weight excluding hydrogens is 316 g/mol. The Morgan fingerprint density at radius 1 is 1.62 bits per heavy atom. The van der Waals surface area contributed by atoms with E-state index in [9.17, 15) is 14.7 Å². The Morgan fingerprint density at radius 2 is 2.38 bits per heavy atom. The highest BCUT2D eigenvalue weighted by Gasteiger charge is 2.47. The molecule has 0 spiro atoms. The standard InChI is InChI=1S/C10H12N6O3S2/c1-15-10(12-13-14-15)20-3-4-7(9(18)19)16-5(17)2-6(16)21-8(4)11/h6,8H,2-3,11H2,1H3,(H,18,19). The van der Waals surface area contributed by atoms with Gasteiger partial charge in [-0.05, 0) is 16.0 Å². The monoisotopic (exact) mass is 328 g/mol. The Morgan fingerprint density at radius 3 is 2.95 bits per heavy atom. The molecule has 3 N–H and O–H groups in total. The van der Waals surface area contributed by atoms with Crippen molar-refractivity contribution in [2.45, 2.75) is 22.3 Å². The van der Waals surface area contributed by atoms with E-state index in [4.69, 9.17) is 5.73 Å². The second-order valence-corrected chi connectivity index (χ2v) is 6.80. The Kier molecular flexibility index (Phi) is 3.63. The maximum atomic E-state index is 11.6. The van der Waals surface area contributed by atoms with E-state index in [2.05, 4.69) is 15.5 Å². The number of tetrazole rings is 1. The smallest absolute Gasteiger partial charge is 0.352 e. The van der Waals surface area contributed by atoms with Crippen molar-refractivity contribution in [3.8, 4) is 0 Å². The van der Waals surface area contributed by atoms with E-state index in [0.717, 1.165) is 0 Å². The number of β-lactam (4-membered cyclic amide) rings is 1. The molecule has 11 heteroatoms. The summed E-state index contributed by atoms with van der Waals surface area (Å²) in [5.41, 5.74) is 6.57. The van der Waals surface area contributed by atoms with Gasteiger partial charge in [-0.2, -0.15) is 0 Å². The largest absolute Gasteiger partial charge is 0.477 e. The van der Waals surface area contributed by atoms with Crippen molar-refractivity contribution in [1.82, 2.24) is 25.1 Å². The molecule has 2 atom stereocenters. The molecule has 0 saturated carbocycles. The van der Waals surface area contributed by atoms with Gasteiger partial charge in [-0.25, -0.2) is 9.48 Å². The number of hydrogen-bond donors (Lipinski definition) is 2. The lowest BCUT2D eigenvalue weighted by molar-refractivity contribution is -0.146. The molecular formula is C10H12N6O3S2. The fraction of sp³-hybridized carbons (Fsp3) is 0.500. The quantitative estimate of drug-likeness (QED) is 0.541. The molecule has 0 radical (unpaired) electrons. The predicted octanol–water partition coefficient (Wildman–Crippen LogP) is -0.769. The van der Waals surface area contributed by atoms with Crippen LogP contribution in [-0.2, 0) is 16.6 Å². The Bertz CT molecular complexity index is 644. The van der Waals surface area contributed by atoms with Crippen molar-refractivity contribution >= 4 is 35.4 Å². The molecule has 0 aromatic carbocycles. The number of carbonyl (C=O) groups excluding carboxylic acids is 1. The van der Waals surface area contributed by atoms with Gasteiger partial charge in [0.25, 0.3) is 0 Å². The normalized spacial score (nSPS) is 24.9. The van der Waals surface area contributed by atoms with E-state index < -0.39 is 11.3 Å². The van der Waals surface area contributed by atoms with Gasteiger partial charge in [0, 0.05) is 12.8 Å². The summed E-state index contributed by atoms with van der Waals surface area (Å²) in [6.45, 7) is 0. The SMILES string of the molecule is Cn1nnnc1SCC1=C(C(=O)O)N2C(=O)CC2SC1N. The number of rotatable bonds is 4. The molecule has 0 aliphatic carbocycles. The number of aromatic nitrogens is 4. The molecule has 2 aliphatic rings. The van der Waals surface area contributed by atoms with Gasteiger partial charge in [0.2, 0.25) is 11.1 Å². The Labute approximate surface area is 127 Å². The number of nitrogens with two attached hydrogens (primary N) is 1.